The molecule has 8 heteroatoms. The first-order valence-electron chi connectivity index (χ1n) is 6.38. The number of nitriles is 1. The van der Waals surface area contributed by atoms with Gasteiger partial charge >= 0.3 is 6.18 Å². The van der Waals surface area contributed by atoms with Crippen molar-refractivity contribution in [3.8, 4) is 6.07 Å². The van der Waals surface area contributed by atoms with E-state index in [0.717, 1.165) is 12.1 Å². The third kappa shape index (κ3) is 4.20. The van der Waals surface area contributed by atoms with Crippen molar-refractivity contribution in [2.45, 2.75) is 6.18 Å². The molecule has 2 aromatic rings. The van der Waals surface area contributed by atoms with E-state index in [0.29, 0.717) is 5.69 Å². The number of hydrogen-bond acceptors (Lipinski definition) is 3. The second-order valence-electron chi connectivity index (χ2n) is 4.67. The van der Waals surface area contributed by atoms with E-state index in [4.69, 9.17) is 5.26 Å². The Hall–Kier alpha value is -3.08. The summed E-state index contributed by atoms with van der Waals surface area (Å²) >= 11 is 0. The Morgan fingerprint density at radius 1 is 1.43 bits per heavy atom. The smallest absolute Gasteiger partial charge is 0.340 e. The summed E-state index contributed by atoms with van der Waals surface area (Å²) in [7, 11) is 1.72. The second kappa shape index (κ2) is 6.36. The van der Waals surface area contributed by atoms with Gasteiger partial charge in [-0.3, -0.25) is 4.79 Å². The van der Waals surface area contributed by atoms with Gasteiger partial charge in [0.1, 0.15) is 11.6 Å². The summed E-state index contributed by atoms with van der Waals surface area (Å²) in [4.78, 5) is 15.9. The maximum Gasteiger partial charge on any atom is 0.416 e. The molecular formula is C15H11F3N4O. The number of aromatic nitrogens is 2. The van der Waals surface area contributed by atoms with Gasteiger partial charge in [-0.15, -0.1) is 0 Å². The molecule has 0 spiro atoms. The van der Waals surface area contributed by atoms with Crippen molar-refractivity contribution in [2.24, 2.45) is 7.05 Å². The molecule has 0 fully saturated rings. The molecule has 118 valence electrons. The highest BCUT2D eigenvalue weighted by atomic mass is 19.4. The highest BCUT2D eigenvalue weighted by molar-refractivity contribution is 6.09. The van der Waals surface area contributed by atoms with Crippen LogP contribution < -0.4 is 5.32 Å². The summed E-state index contributed by atoms with van der Waals surface area (Å²) in [6, 6.07) is 5.88. The number of nitrogens with zero attached hydrogens (tertiary/aromatic N) is 3. The molecule has 1 N–H and O–H groups in total. The number of alkyl halides is 3. The van der Waals surface area contributed by atoms with Gasteiger partial charge < -0.3 is 9.88 Å². The van der Waals surface area contributed by atoms with Crippen LogP contribution in [0, 0.1) is 11.3 Å². The summed E-state index contributed by atoms with van der Waals surface area (Å²) < 4.78 is 39.5. The number of carbonyl (C=O) groups excluding carboxylic acids is 1. The van der Waals surface area contributed by atoms with Crippen LogP contribution in [0.2, 0.25) is 0 Å². The second-order valence-corrected chi connectivity index (χ2v) is 4.67. The number of nitrogens with one attached hydrogen (secondary N) is 1. The van der Waals surface area contributed by atoms with E-state index in [9.17, 15) is 18.0 Å². The molecular weight excluding hydrogens is 309 g/mol. The quantitative estimate of drug-likeness (QED) is 0.698. The Labute approximate surface area is 129 Å². The fraction of sp³-hybridized carbons (Fsp3) is 0.133. The Bertz CT molecular complexity index is 800. The molecule has 0 saturated heterocycles. The van der Waals surface area contributed by atoms with Crippen LogP contribution >= 0.6 is 0 Å². The van der Waals surface area contributed by atoms with Crippen molar-refractivity contribution in [3.05, 3.63) is 53.6 Å². The van der Waals surface area contributed by atoms with E-state index < -0.39 is 17.6 Å². The highest BCUT2D eigenvalue weighted by Crippen LogP contribution is 2.30. The molecule has 0 aliphatic rings. The van der Waals surface area contributed by atoms with Crippen molar-refractivity contribution < 1.29 is 18.0 Å². The molecule has 23 heavy (non-hydrogen) atoms. The highest BCUT2D eigenvalue weighted by Gasteiger charge is 2.30. The molecule has 1 aromatic heterocycles. The first-order chi connectivity index (χ1) is 10.8. The van der Waals surface area contributed by atoms with Crippen molar-refractivity contribution in [1.29, 1.82) is 5.26 Å². The monoisotopic (exact) mass is 320 g/mol. The van der Waals surface area contributed by atoms with Crippen molar-refractivity contribution in [2.75, 3.05) is 5.32 Å². The molecule has 1 amide bonds. The largest absolute Gasteiger partial charge is 0.416 e. The van der Waals surface area contributed by atoms with Gasteiger partial charge in [-0.2, -0.15) is 18.4 Å². The number of aryl methyl sites for hydroxylation is 1. The van der Waals surface area contributed by atoms with E-state index in [1.165, 1.54) is 24.5 Å². The minimum absolute atomic E-state index is 0.0491. The van der Waals surface area contributed by atoms with Crippen LogP contribution in [0.4, 0.5) is 18.9 Å². The lowest BCUT2D eigenvalue weighted by Crippen LogP contribution is -2.14. The molecule has 0 bridgehead atoms. The number of hydrogen-bond donors (Lipinski definition) is 1. The van der Waals surface area contributed by atoms with Gasteiger partial charge in [-0.25, -0.2) is 4.98 Å². The average Bonchev–Trinajstić information content (AvgIpc) is 2.89. The van der Waals surface area contributed by atoms with E-state index in [-0.39, 0.29) is 11.3 Å². The maximum absolute atomic E-state index is 12.6. The standard InChI is InChI=1S/C15H11F3N4O/c1-22-8-13(20-9-22)5-10(7-19)14(23)21-12-4-2-3-11(6-12)15(16,17)18/h2-6,8-9H,1H3,(H,21,23)/b10-5+. The Morgan fingerprint density at radius 2 is 2.17 bits per heavy atom. The lowest BCUT2D eigenvalue weighted by atomic mass is 10.1. The Balaban J connectivity index is 2.21. The average molecular weight is 320 g/mol. The van der Waals surface area contributed by atoms with Gasteiger partial charge in [0, 0.05) is 18.9 Å². The van der Waals surface area contributed by atoms with Crippen LogP contribution in [-0.4, -0.2) is 15.5 Å². The molecule has 0 aliphatic carbocycles. The first kappa shape index (κ1) is 16.3. The van der Waals surface area contributed by atoms with Gasteiger partial charge in [0.05, 0.1) is 17.6 Å². The van der Waals surface area contributed by atoms with Gasteiger partial charge in [-0.1, -0.05) is 6.07 Å². The van der Waals surface area contributed by atoms with E-state index in [1.807, 2.05) is 0 Å². The fourth-order valence-electron chi connectivity index (χ4n) is 1.78. The van der Waals surface area contributed by atoms with Crippen LogP contribution in [-0.2, 0) is 18.0 Å². The molecule has 0 unspecified atom stereocenters. The van der Waals surface area contributed by atoms with Crippen LogP contribution in [0.25, 0.3) is 6.08 Å². The number of halogens is 3. The minimum Gasteiger partial charge on any atom is -0.340 e. The van der Waals surface area contributed by atoms with Gasteiger partial charge in [0.15, 0.2) is 0 Å². The lowest BCUT2D eigenvalue weighted by Gasteiger charge is -2.09. The molecule has 5 nitrogen and oxygen atoms in total. The molecule has 0 atom stereocenters. The van der Waals surface area contributed by atoms with E-state index in [1.54, 1.807) is 23.9 Å². The van der Waals surface area contributed by atoms with Gasteiger partial charge in [0.2, 0.25) is 0 Å². The molecule has 2 rings (SSSR count). The van der Waals surface area contributed by atoms with Crippen molar-refractivity contribution in [1.82, 2.24) is 9.55 Å². The number of carbonyl (C=O) groups is 1. The summed E-state index contributed by atoms with van der Waals surface area (Å²) in [5.41, 5.74) is -0.807. The molecule has 0 saturated carbocycles. The van der Waals surface area contributed by atoms with Crippen LogP contribution in [0.5, 0.6) is 0 Å². The predicted octanol–water partition coefficient (Wildman–Crippen LogP) is 2.98. The van der Waals surface area contributed by atoms with Crippen LogP contribution in [0.3, 0.4) is 0 Å². The topological polar surface area (TPSA) is 70.7 Å². The predicted molar refractivity (Wildman–Crippen MR) is 76.9 cm³/mol. The first-order valence-corrected chi connectivity index (χ1v) is 6.38. The SMILES string of the molecule is Cn1cnc(/C=C(\C#N)C(=O)Nc2cccc(C(F)(F)F)c2)c1. The zero-order valence-electron chi connectivity index (χ0n) is 11.9. The van der Waals surface area contributed by atoms with Crippen LogP contribution in [0.15, 0.2) is 42.4 Å². The third-order valence-corrected chi connectivity index (χ3v) is 2.83. The van der Waals surface area contributed by atoms with Crippen molar-refractivity contribution in [3.63, 3.8) is 0 Å². The lowest BCUT2D eigenvalue weighted by molar-refractivity contribution is -0.137. The maximum atomic E-state index is 12.6. The number of anilines is 1. The fourth-order valence-corrected chi connectivity index (χ4v) is 1.78. The number of amides is 1. The molecule has 1 heterocycles. The van der Waals surface area contributed by atoms with Crippen molar-refractivity contribution >= 4 is 17.7 Å². The Morgan fingerprint density at radius 3 is 2.74 bits per heavy atom. The Kier molecular flexibility index (Phi) is 4.50. The minimum atomic E-state index is -4.51. The third-order valence-electron chi connectivity index (χ3n) is 2.83. The number of rotatable bonds is 3. The van der Waals surface area contributed by atoms with Crippen LogP contribution in [0.1, 0.15) is 11.3 Å². The molecule has 0 radical (unpaired) electrons. The summed E-state index contributed by atoms with van der Waals surface area (Å²) in [6.45, 7) is 0. The number of imidazole rings is 1. The normalized spacial score (nSPS) is 11.9. The summed E-state index contributed by atoms with van der Waals surface area (Å²) in [5, 5.41) is 11.3. The number of benzene rings is 1. The van der Waals surface area contributed by atoms with Gasteiger partial charge in [0.25, 0.3) is 5.91 Å². The van der Waals surface area contributed by atoms with Gasteiger partial charge in [-0.05, 0) is 24.3 Å². The van der Waals surface area contributed by atoms with E-state index >= 15 is 0 Å². The zero-order chi connectivity index (χ0) is 17.0. The summed E-state index contributed by atoms with van der Waals surface area (Å²) in [5.74, 6) is -0.808. The molecule has 0 aliphatic heterocycles. The zero-order valence-corrected chi connectivity index (χ0v) is 11.9. The molecule has 1 aromatic carbocycles. The summed E-state index contributed by atoms with van der Waals surface area (Å²) in [6.07, 6.45) is -0.175. The van der Waals surface area contributed by atoms with E-state index in [2.05, 4.69) is 10.3 Å².